The van der Waals surface area contributed by atoms with E-state index in [9.17, 15) is 16.8 Å². The molecule has 138 valence electrons. The van der Waals surface area contributed by atoms with Crippen molar-refractivity contribution in [2.45, 2.75) is 15.6 Å². The molecule has 11 heteroatoms. The minimum atomic E-state index is -3.85. The van der Waals surface area contributed by atoms with Gasteiger partial charge in [0, 0.05) is 0 Å². The van der Waals surface area contributed by atoms with Crippen molar-refractivity contribution in [3.8, 4) is 0 Å². The van der Waals surface area contributed by atoms with Crippen LogP contribution in [0.1, 0.15) is 5.76 Å². The highest BCUT2D eigenvalue weighted by Crippen LogP contribution is 2.27. The van der Waals surface area contributed by atoms with E-state index in [2.05, 4.69) is 9.44 Å². The van der Waals surface area contributed by atoms with Crippen molar-refractivity contribution in [3.05, 3.63) is 64.9 Å². The van der Waals surface area contributed by atoms with Gasteiger partial charge in [0.05, 0.1) is 27.7 Å². The van der Waals surface area contributed by atoms with E-state index in [1.165, 1.54) is 42.7 Å². The Kier molecular flexibility index (Phi) is 5.39. The number of furan rings is 1. The zero-order valence-corrected chi connectivity index (χ0v) is 16.3. The second-order valence-corrected chi connectivity index (χ2v) is 10.5. The first-order valence-electron chi connectivity index (χ1n) is 7.16. The third kappa shape index (κ3) is 4.46. The zero-order chi connectivity index (χ0) is 18.8. The molecule has 2 N–H and O–H groups in total. The monoisotopic (exact) mass is 432 g/mol. The molecule has 0 aliphatic carbocycles. The Morgan fingerprint density at radius 3 is 2.46 bits per heavy atom. The Morgan fingerprint density at radius 1 is 1.00 bits per heavy atom. The number of benzene rings is 1. The molecule has 2 heterocycles. The van der Waals surface area contributed by atoms with E-state index in [-0.39, 0.29) is 21.3 Å². The summed E-state index contributed by atoms with van der Waals surface area (Å²) in [5, 5.41) is 0. The minimum Gasteiger partial charge on any atom is -0.468 e. The Hall–Kier alpha value is -1.85. The maximum absolute atomic E-state index is 12.4. The maximum Gasteiger partial charge on any atom is 0.271 e. The van der Waals surface area contributed by atoms with Gasteiger partial charge in [-0.2, -0.15) is 0 Å². The van der Waals surface area contributed by atoms with Crippen molar-refractivity contribution >= 4 is 48.7 Å². The van der Waals surface area contributed by atoms with Crippen molar-refractivity contribution in [2.24, 2.45) is 0 Å². The zero-order valence-electron chi connectivity index (χ0n) is 13.0. The largest absolute Gasteiger partial charge is 0.468 e. The molecule has 0 fully saturated rings. The predicted molar refractivity (Wildman–Crippen MR) is 99.3 cm³/mol. The number of anilines is 1. The van der Waals surface area contributed by atoms with Crippen LogP contribution in [-0.2, 0) is 26.6 Å². The number of sulfonamides is 2. The molecular weight excluding hydrogens is 420 g/mol. The van der Waals surface area contributed by atoms with Gasteiger partial charge in [0.15, 0.2) is 0 Å². The SMILES string of the molecule is O=S(=O)(NCc1ccco1)c1cccc(NS(=O)(=O)c2ccc(Cl)s2)c1. The van der Waals surface area contributed by atoms with Crippen molar-refractivity contribution in [2.75, 3.05) is 4.72 Å². The van der Waals surface area contributed by atoms with Gasteiger partial charge in [-0.1, -0.05) is 17.7 Å². The molecular formula is C15H13ClN2O5S3. The van der Waals surface area contributed by atoms with E-state index >= 15 is 0 Å². The Bertz CT molecular complexity index is 1110. The van der Waals surface area contributed by atoms with Crippen molar-refractivity contribution in [3.63, 3.8) is 0 Å². The molecule has 0 saturated heterocycles. The summed E-state index contributed by atoms with van der Waals surface area (Å²) in [7, 11) is -7.69. The summed E-state index contributed by atoms with van der Waals surface area (Å²) >= 11 is 6.67. The number of nitrogens with one attached hydrogen (secondary N) is 2. The van der Waals surface area contributed by atoms with Gasteiger partial charge in [-0.15, -0.1) is 11.3 Å². The molecule has 1 aromatic carbocycles. The number of rotatable bonds is 7. The second kappa shape index (κ2) is 7.41. The van der Waals surface area contributed by atoms with Crippen LogP contribution in [0.15, 0.2) is 68.3 Å². The van der Waals surface area contributed by atoms with Gasteiger partial charge in [0.25, 0.3) is 10.0 Å². The van der Waals surface area contributed by atoms with Crippen LogP contribution in [0.5, 0.6) is 0 Å². The third-order valence-electron chi connectivity index (χ3n) is 3.23. The summed E-state index contributed by atoms with van der Waals surface area (Å²) in [5.41, 5.74) is 0.121. The van der Waals surface area contributed by atoms with Gasteiger partial charge in [0.1, 0.15) is 9.97 Å². The van der Waals surface area contributed by atoms with Crippen molar-refractivity contribution < 1.29 is 21.3 Å². The summed E-state index contributed by atoms with van der Waals surface area (Å²) in [6.45, 7) is -0.0149. The lowest BCUT2D eigenvalue weighted by Crippen LogP contribution is -2.23. The molecule has 3 rings (SSSR count). The summed E-state index contributed by atoms with van der Waals surface area (Å²) in [6, 6.07) is 11.6. The van der Waals surface area contributed by atoms with Crippen LogP contribution < -0.4 is 9.44 Å². The average Bonchev–Trinajstić information content (AvgIpc) is 3.24. The van der Waals surface area contributed by atoms with Crippen LogP contribution in [0.3, 0.4) is 0 Å². The van der Waals surface area contributed by atoms with E-state index in [0.717, 1.165) is 11.3 Å². The molecule has 3 aromatic rings. The van der Waals surface area contributed by atoms with E-state index in [1.807, 2.05) is 0 Å². The predicted octanol–water partition coefficient (Wildman–Crippen LogP) is 3.27. The highest BCUT2D eigenvalue weighted by atomic mass is 35.5. The summed E-state index contributed by atoms with van der Waals surface area (Å²) in [5.74, 6) is 0.458. The van der Waals surface area contributed by atoms with E-state index < -0.39 is 20.0 Å². The fourth-order valence-electron chi connectivity index (χ4n) is 2.04. The van der Waals surface area contributed by atoms with Crippen LogP contribution in [0.2, 0.25) is 4.34 Å². The number of thiophene rings is 1. The van der Waals surface area contributed by atoms with Crippen LogP contribution in [-0.4, -0.2) is 16.8 Å². The summed E-state index contributed by atoms with van der Waals surface area (Å²) in [4.78, 5) is -0.0755. The first-order valence-corrected chi connectivity index (χ1v) is 11.3. The highest BCUT2D eigenvalue weighted by Gasteiger charge is 2.19. The molecule has 0 bridgehead atoms. The molecule has 0 atom stereocenters. The van der Waals surface area contributed by atoms with Gasteiger partial charge in [-0.3, -0.25) is 4.72 Å². The van der Waals surface area contributed by atoms with Gasteiger partial charge < -0.3 is 4.42 Å². The second-order valence-electron chi connectivity index (χ2n) is 5.10. The lowest BCUT2D eigenvalue weighted by molar-refractivity contribution is 0.498. The average molecular weight is 433 g/mol. The Morgan fingerprint density at radius 2 is 1.81 bits per heavy atom. The molecule has 0 amide bonds. The van der Waals surface area contributed by atoms with Crippen LogP contribution in [0, 0.1) is 0 Å². The first kappa shape index (κ1) is 18.9. The van der Waals surface area contributed by atoms with Crippen LogP contribution in [0.25, 0.3) is 0 Å². The number of halogens is 1. The lowest BCUT2D eigenvalue weighted by atomic mass is 10.3. The third-order valence-corrected chi connectivity index (χ3v) is 7.73. The molecule has 0 spiro atoms. The summed E-state index contributed by atoms with van der Waals surface area (Å²) < 4.78 is 59.6. The van der Waals surface area contributed by atoms with Gasteiger partial charge in [-0.05, 0) is 42.5 Å². The molecule has 0 unspecified atom stereocenters. The van der Waals surface area contributed by atoms with Gasteiger partial charge in [0.2, 0.25) is 10.0 Å². The first-order chi connectivity index (χ1) is 12.3. The van der Waals surface area contributed by atoms with Crippen molar-refractivity contribution in [1.29, 1.82) is 0 Å². The molecule has 0 saturated carbocycles. The standard InChI is InChI=1S/C15H13ClN2O5S3/c16-14-6-7-15(24-14)26(21,22)18-11-3-1-5-13(9-11)25(19,20)17-10-12-4-2-8-23-12/h1-9,17-18H,10H2. The fourth-order valence-corrected chi connectivity index (χ4v) is 5.61. The molecule has 0 aliphatic heterocycles. The van der Waals surface area contributed by atoms with E-state index in [0.29, 0.717) is 10.1 Å². The maximum atomic E-state index is 12.4. The smallest absolute Gasteiger partial charge is 0.271 e. The molecule has 7 nitrogen and oxygen atoms in total. The lowest BCUT2D eigenvalue weighted by Gasteiger charge is -2.09. The van der Waals surface area contributed by atoms with E-state index in [4.69, 9.17) is 16.0 Å². The topological polar surface area (TPSA) is 105 Å². The molecule has 0 radical (unpaired) electrons. The quantitative estimate of drug-likeness (QED) is 0.596. The summed E-state index contributed by atoms with van der Waals surface area (Å²) in [6.07, 6.45) is 1.44. The minimum absolute atomic E-state index is 0.0149. The molecule has 26 heavy (non-hydrogen) atoms. The fraction of sp³-hybridized carbons (Fsp3) is 0.0667. The van der Waals surface area contributed by atoms with Gasteiger partial charge >= 0.3 is 0 Å². The van der Waals surface area contributed by atoms with Crippen molar-refractivity contribution in [1.82, 2.24) is 4.72 Å². The molecule has 0 aliphatic rings. The van der Waals surface area contributed by atoms with E-state index in [1.54, 1.807) is 12.1 Å². The molecule has 2 aromatic heterocycles. The Balaban J connectivity index is 1.79. The normalized spacial score (nSPS) is 12.2. The number of hydrogen-bond acceptors (Lipinski definition) is 6. The highest BCUT2D eigenvalue weighted by molar-refractivity contribution is 7.94. The van der Waals surface area contributed by atoms with Crippen LogP contribution >= 0.6 is 22.9 Å². The van der Waals surface area contributed by atoms with Crippen LogP contribution in [0.4, 0.5) is 5.69 Å². The van der Waals surface area contributed by atoms with Gasteiger partial charge in [-0.25, -0.2) is 21.6 Å². The number of hydrogen-bond donors (Lipinski definition) is 2. The Labute approximate surface area is 159 Å².